The second kappa shape index (κ2) is 10.4. The number of carbonyl (C=O) groups is 3. The summed E-state index contributed by atoms with van der Waals surface area (Å²) in [6, 6.07) is 17.9. The molecule has 6 nitrogen and oxygen atoms in total. The van der Waals surface area contributed by atoms with Gasteiger partial charge in [0.1, 0.15) is 0 Å². The lowest BCUT2D eigenvalue weighted by Gasteiger charge is -2.30. The zero-order chi connectivity index (χ0) is 20.5. The fourth-order valence-electron chi connectivity index (χ4n) is 3.33. The number of ether oxygens (including phenoxy) is 1. The molecule has 0 aromatic heterocycles. The molecule has 1 N–H and O–H groups in total. The molecular weight excluding hydrogens is 368 g/mol. The summed E-state index contributed by atoms with van der Waals surface area (Å²) in [5.41, 5.74) is 1.19. The highest BCUT2D eigenvalue weighted by molar-refractivity contribution is 5.94. The first kappa shape index (κ1) is 20.6. The molecule has 2 aromatic rings. The summed E-state index contributed by atoms with van der Waals surface area (Å²) in [5.74, 6) is -0.947. The molecule has 2 aromatic carbocycles. The van der Waals surface area contributed by atoms with E-state index in [1.54, 1.807) is 41.3 Å². The van der Waals surface area contributed by atoms with E-state index in [2.05, 4.69) is 5.32 Å². The maximum absolute atomic E-state index is 13.0. The number of amides is 2. The standard InChI is InChI=1S/C23H26N2O4/c26-20(14-15-24-22(27)19-12-6-2-7-13-19)29-21(18-10-4-1-5-11-18)23(28)25-16-8-3-9-17-25/h1-2,4-7,10-13,21H,3,8-9,14-17H2,(H,24,27). The van der Waals surface area contributed by atoms with Crippen LogP contribution in [-0.2, 0) is 14.3 Å². The van der Waals surface area contributed by atoms with E-state index in [0.717, 1.165) is 19.3 Å². The van der Waals surface area contributed by atoms with E-state index >= 15 is 0 Å². The number of esters is 1. The highest BCUT2D eigenvalue weighted by Gasteiger charge is 2.30. The van der Waals surface area contributed by atoms with Crippen LogP contribution >= 0.6 is 0 Å². The van der Waals surface area contributed by atoms with Crippen molar-refractivity contribution in [2.24, 2.45) is 0 Å². The van der Waals surface area contributed by atoms with Gasteiger partial charge in [-0.25, -0.2) is 0 Å². The van der Waals surface area contributed by atoms with Crippen LogP contribution in [0.15, 0.2) is 60.7 Å². The van der Waals surface area contributed by atoms with Crippen LogP contribution in [0.25, 0.3) is 0 Å². The molecule has 1 saturated heterocycles. The fourth-order valence-corrected chi connectivity index (χ4v) is 3.33. The molecule has 6 heteroatoms. The lowest BCUT2D eigenvalue weighted by molar-refractivity contribution is -0.161. The van der Waals surface area contributed by atoms with Crippen molar-refractivity contribution in [3.63, 3.8) is 0 Å². The Morgan fingerprint density at radius 3 is 2.17 bits per heavy atom. The largest absolute Gasteiger partial charge is 0.447 e. The van der Waals surface area contributed by atoms with Gasteiger partial charge in [-0.15, -0.1) is 0 Å². The van der Waals surface area contributed by atoms with Crippen LogP contribution in [0.2, 0.25) is 0 Å². The molecule has 2 amide bonds. The Kier molecular flexibility index (Phi) is 7.39. The van der Waals surface area contributed by atoms with Gasteiger partial charge in [-0.2, -0.15) is 0 Å². The van der Waals surface area contributed by atoms with Crippen LogP contribution in [0.1, 0.15) is 47.7 Å². The lowest BCUT2D eigenvalue weighted by Crippen LogP contribution is -2.40. The summed E-state index contributed by atoms with van der Waals surface area (Å²) in [6.45, 7) is 1.52. The second-order valence-corrected chi connectivity index (χ2v) is 7.04. The van der Waals surface area contributed by atoms with Crippen molar-refractivity contribution in [3.05, 3.63) is 71.8 Å². The smallest absolute Gasteiger partial charge is 0.308 e. The number of piperidine rings is 1. The van der Waals surface area contributed by atoms with Crippen molar-refractivity contribution in [1.29, 1.82) is 0 Å². The molecule has 0 spiro atoms. The molecule has 1 aliphatic heterocycles. The Balaban J connectivity index is 1.57. The highest BCUT2D eigenvalue weighted by atomic mass is 16.5. The summed E-state index contributed by atoms with van der Waals surface area (Å²) in [4.78, 5) is 39.2. The van der Waals surface area contributed by atoms with E-state index in [9.17, 15) is 14.4 Å². The fraction of sp³-hybridized carbons (Fsp3) is 0.348. The molecule has 0 saturated carbocycles. The molecule has 1 aliphatic rings. The van der Waals surface area contributed by atoms with E-state index in [0.29, 0.717) is 24.2 Å². The predicted molar refractivity (Wildman–Crippen MR) is 109 cm³/mol. The third kappa shape index (κ3) is 5.91. The minimum atomic E-state index is -0.952. The molecule has 3 rings (SSSR count). The molecule has 0 bridgehead atoms. The molecule has 1 heterocycles. The number of nitrogens with zero attached hydrogens (tertiary/aromatic N) is 1. The van der Waals surface area contributed by atoms with E-state index in [1.807, 2.05) is 24.3 Å². The zero-order valence-corrected chi connectivity index (χ0v) is 16.4. The monoisotopic (exact) mass is 394 g/mol. The van der Waals surface area contributed by atoms with Gasteiger partial charge >= 0.3 is 5.97 Å². The van der Waals surface area contributed by atoms with Crippen LogP contribution in [-0.4, -0.2) is 42.3 Å². The normalized spacial score (nSPS) is 14.7. The maximum atomic E-state index is 13.0. The van der Waals surface area contributed by atoms with Gasteiger partial charge in [0.05, 0.1) is 6.42 Å². The van der Waals surface area contributed by atoms with Gasteiger partial charge in [0, 0.05) is 30.8 Å². The van der Waals surface area contributed by atoms with Gasteiger partial charge in [-0.1, -0.05) is 48.5 Å². The van der Waals surface area contributed by atoms with Crippen molar-refractivity contribution >= 4 is 17.8 Å². The van der Waals surface area contributed by atoms with Crippen LogP contribution in [0.3, 0.4) is 0 Å². The first-order valence-electron chi connectivity index (χ1n) is 10.0. The molecule has 29 heavy (non-hydrogen) atoms. The van der Waals surface area contributed by atoms with E-state index in [-0.39, 0.29) is 24.8 Å². The molecule has 0 aliphatic carbocycles. The van der Waals surface area contributed by atoms with Gasteiger partial charge in [-0.05, 0) is 31.4 Å². The highest BCUT2D eigenvalue weighted by Crippen LogP contribution is 2.23. The van der Waals surface area contributed by atoms with Crippen LogP contribution in [0, 0.1) is 0 Å². The quantitative estimate of drug-likeness (QED) is 0.732. The van der Waals surface area contributed by atoms with Crippen molar-refractivity contribution in [3.8, 4) is 0 Å². The van der Waals surface area contributed by atoms with E-state index in [4.69, 9.17) is 4.74 Å². The average Bonchev–Trinajstić information content (AvgIpc) is 2.78. The Bertz CT molecular complexity index is 817. The predicted octanol–water partition coefficient (Wildman–Crippen LogP) is 3.10. The van der Waals surface area contributed by atoms with Crippen molar-refractivity contribution in [2.45, 2.75) is 31.8 Å². The number of likely N-dealkylation sites (tertiary alicyclic amines) is 1. The second-order valence-electron chi connectivity index (χ2n) is 7.04. The first-order chi connectivity index (χ1) is 14.1. The lowest BCUT2D eigenvalue weighted by atomic mass is 10.1. The minimum absolute atomic E-state index is 0.00477. The summed E-state index contributed by atoms with van der Waals surface area (Å²) in [5, 5.41) is 2.70. The van der Waals surface area contributed by atoms with Crippen LogP contribution in [0.4, 0.5) is 0 Å². The van der Waals surface area contributed by atoms with Gasteiger partial charge in [-0.3, -0.25) is 14.4 Å². The summed E-state index contributed by atoms with van der Waals surface area (Å²) >= 11 is 0. The van der Waals surface area contributed by atoms with Gasteiger partial charge in [0.2, 0.25) is 6.10 Å². The molecule has 1 atom stereocenters. The number of hydrogen-bond acceptors (Lipinski definition) is 4. The number of nitrogens with one attached hydrogen (secondary N) is 1. The Labute approximate surface area is 170 Å². The van der Waals surface area contributed by atoms with Crippen molar-refractivity contribution in [2.75, 3.05) is 19.6 Å². The zero-order valence-electron chi connectivity index (χ0n) is 16.4. The number of rotatable bonds is 7. The molecule has 1 unspecified atom stereocenters. The molecule has 0 radical (unpaired) electrons. The Morgan fingerprint density at radius 2 is 1.52 bits per heavy atom. The number of carbonyl (C=O) groups excluding carboxylic acids is 3. The summed E-state index contributed by atoms with van der Waals surface area (Å²) < 4.78 is 5.56. The number of benzene rings is 2. The molecule has 1 fully saturated rings. The van der Waals surface area contributed by atoms with Crippen LogP contribution < -0.4 is 5.32 Å². The molecular formula is C23H26N2O4. The van der Waals surface area contributed by atoms with Gasteiger partial charge in [0.25, 0.3) is 11.8 Å². The maximum Gasteiger partial charge on any atom is 0.308 e. The van der Waals surface area contributed by atoms with Gasteiger partial charge < -0.3 is 15.0 Å². The Morgan fingerprint density at radius 1 is 0.897 bits per heavy atom. The minimum Gasteiger partial charge on any atom is -0.447 e. The molecule has 152 valence electrons. The van der Waals surface area contributed by atoms with E-state index in [1.165, 1.54) is 0 Å². The van der Waals surface area contributed by atoms with Crippen molar-refractivity contribution < 1.29 is 19.1 Å². The van der Waals surface area contributed by atoms with Crippen LogP contribution in [0.5, 0.6) is 0 Å². The van der Waals surface area contributed by atoms with Crippen molar-refractivity contribution in [1.82, 2.24) is 10.2 Å². The summed E-state index contributed by atoms with van der Waals surface area (Å²) in [6.07, 6.45) is 2.08. The number of hydrogen-bond donors (Lipinski definition) is 1. The SMILES string of the molecule is O=C(CCNC(=O)c1ccccc1)OC(C(=O)N1CCCCC1)c1ccccc1. The Hall–Kier alpha value is -3.15. The third-order valence-corrected chi connectivity index (χ3v) is 4.89. The first-order valence-corrected chi connectivity index (χ1v) is 10.0. The van der Waals surface area contributed by atoms with E-state index < -0.39 is 12.1 Å². The summed E-state index contributed by atoms with van der Waals surface area (Å²) in [7, 11) is 0. The average molecular weight is 394 g/mol. The topological polar surface area (TPSA) is 75.7 Å². The third-order valence-electron chi connectivity index (χ3n) is 4.89. The van der Waals surface area contributed by atoms with Gasteiger partial charge in [0.15, 0.2) is 0 Å².